The monoisotopic (exact) mass is 739 g/mol. The summed E-state index contributed by atoms with van der Waals surface area (Å²) in [4.78, 5) is 28.1. The second-order valence-electron chi connectivity index (χ2n) is 12.2. The van der Waals surface area contributed by atoms with Crippen LogP contribution in [0.2, 0.25) is 0 Å². The molecule has 1 aliphatic rings. The molecule has 5 aromatic carbocycles. The first kappa shape index (κ1) is 37.5. The van der Waals surface area contributed by atoms with Gasteiger partial charge in [0.25, 0.3) is 5.91 Å². The zero-order valence-corrected chi connectivity index (χ0v) is 30.0. The molecule has 14 heteroatoms. The largest absolute Gasteiger partial charge is 0.494 e. The van der Waals surface area contributed by atoms with Crippen LogP contribution in [0.4, 0.5) is 5.69 Å². The van der Waals surface area contributed by atoms with Gasteiger partial charge in [0.05, 0.1) is 13.2 Å². The van der Waals surface area contributed by atoms with Crippen LogP contribution in [0.25, 0.3) is 20.9 Å². The molecule has 0 saturated heterocycles. The Morgan fingerprint density at radius 1 is 0.870 bits per heavy atom. The molecule has 5 aromatic rings. The van der Waals surface area contributed by atoms with Gasteiger partial charge in [-0.2, -0.15) is 0 Å². The van der Waals surface area contributed by atoms with Gasteiger partial charge < -0.3 is 14.6 Å². The van der Waals surface area contributed by atoms with E-state index in [0.717, 1.165) is 26.5 Å². The Labute approximate surface area is 316 Å². The summed E-state index contributed by atoms with van der Waals surface area (Å²) in [5.74, 6) is 0.306. The number of nitrogens with zero attached hydrogens (tertiary/aromatic N) is 7. The Morgan fingerprint density at radius 3 is 2.33 bits per heavy atom. The fraction of sp³-hybridized carbons (Fsp3) is 0.200. The van der Waals surface area contributed by atoms with Gasteiger partial charge in [-0.15, -0.1) is 0 Å². The lowest BCUT2D eigenvalue weighted by molar-refractivity contribution is -0.130. The van der Waals surface area contributed by atoms with Gasteiger partial charge in [-0.3, -0.25) is 10.2 Å². The molecule has 0 spiro atoms. The number of ether oxygens (including phenoxy) is 2. The number of benzene rings is 5. The van der Waals surface area contributed by atoms with Crippen molar-refractivity contribution in [2.45, 2.75) is 47.4 Å². The summed E-state index contributed by atoms with van der Waals surface area (Å²) in [5, 5.41) is 16.9. The molecule has 272 valence electrons. The molecule has 0 aromatic heterocycles. The van der Waals surface area contributed by atoms with Crippen molar-refractivity contribution in [1.29, 1.82) is 0 Å². The number of carbonyl (C=O) groups excluding carboxylic acids is 1. The van der Waals surface area contributed by atoms with Gasteiger partial charge in [-0.05, 0) is 70.2 Å². The van der Waals surface area contributed by atoms with Crippen molar-refractivity contribution in [3.63, 3.8) is 0 Å². The van der Waals surface area contributed by atoms with Gasteiger partial charge in [0.1, 0.15) is 5.75 Å². The van der Waals surface area contributed by atoms with Crippen molar-refractivity contribution < 1.29 is 19.4 Å². The molecule has 0 aliphatic carbocycles. The standard InChI is InChI=1S/C40H37N9O4S/c41-48-44-26-30-12-5-4-11-29(30)25-40(39(51)47-43-27-31-13-6-9-18-36(31)54-33-14-2-1-3-15-33)37(34-16-7-8-17-35(34)46-49-42)53-38(45-40)28-19-21-32(22-20-28)52-24-10-23-50/h1-9,11-22,37,43,50H,10,23-27H2,(H,47,51)/t37-,40-/m0/s1. The van der Waals surface area contributed by atoms with E-state index < -0.39 is 17.6 Å². The number of amides is 1. The van der Waals surface area contributed by atoms with Crippen LogP contribution in [0.5, 0.6) is 5.75 Å². The van der Waals surface area contributed by atoms with Crippen LogP contribution in [-0.2, 0) is 29.0 Å². The number of azide groups is 2. The predicted molar refractivity (Wildman–Crippen MR) is 207 cm³/mol. The molecule has 0 radical (unpaired) electrons. The number of aliphatic hydroxyl groups is 1. The van der Waals surface area contributed by atoms with Gasteiger partial charge in [-0.25, -0.2) is 10.4 Å². The topological polar surface area (TPSA) is 190 Å². The lowest BCUT2D eigenvalue weighted by atomic mass is 9.80. The minimum Gasteiger partial charge on any atom is -0.494 e. The first-order valence-corrected chi connectivity index (χ1v) is 18.0. The zero-order chi connectivity index (χ0) is 37.6. The average Bonchev–Trinajstić information content (AvgIpc) is 3.59. The Balaban J connectivity index is 1.40. The van der Waals surface area contributed by atoms with E-state index in [1.807, 2.05) is 78.9 Å². The van der Waals surface area contributed by atoms with E-state index >= 15 is 0 Å². The molecule has 1 amide bonds. The van der Waals surface area contributed by atoms with E-state index in [-0.39, 0.29) is 31.2 Å². The van der Waals surface area contributed by atoms with Crippen molar-refractivity contribution in [3.8, 4) is 5.75 Å². The highest BCUT2D eigenvalue weighted by atomic mass is 32.2. The third kappa shape index (κ3) is 9.02. The number of aliphatic imine (C=N–C) groups is 1. The number of carbonyl (C=O) groups is 1. The van der Waals surface area contributed by atoms with E-state index in [0.29, 0.717) is 36.4 Å². The molecule has 1 aliphatic heterocycles. The maximum atomic E-state index is 14.9. The molecule has 0 fully saturated rings. The number of nitrogens with one attached hydrogen (secondary N) is 2. The van der Waals surface area contributed by atoms with Crippen molar-refractivity contribution in [1.82, 2.24) is 10.9 Å². The number of hydrazine groups is 1. The first-order valence-electron chi connectivity index (χ1n) is 17.2. The zero-order valence-electron chi connectivity index (χ0n) is 29.2. The lowest BCUT2D eigenvalue weighted by Gasteiger charge is -2.32. The van der Waals surface area contributed by atoms with Crippen LogP contribution >= 0.6 is 11.8 Å². The van der Waals surface area contributed by atoms with Crippen molar-refractivity contribution in [2.24, 2.45) is 15.2 Å². The summed E-state index contributed by atoms with van der Waals surface area (Å²) in [5.41, 5.74) is 26.8. The summed E-state index contributed by atoms with van der Waals surface area (Å²) < 4.78 is 12.4. The van der Waals surface area contributed by atoms with Gasteiger partial charge >= 0.3 is 0 Å². The maximum Gasteiger partial charge on any atom is 0.266 e. The van der Waals surface area contributed by atoms with E-state index in [1.54, 1.807) is 60.3 Å². The Hall–Kier alpha value is -6.27. The third-order valence-corrected chi connectivity index (χ3v) is 9.83. The number of hydrogen-bond acceptors (Lipinski definition) is 9. The molecular formula is C40H37N9O4S. The molecule has 13 nitrogen and oxygen atoms in total. The molecule has 1 heterocycles. The summed E-state index contributed by atoms with van der Waals surface area (Å²) in [6.07, 6.45) is -0.516. The number of aliphatic hydroxyl groups excluding tert-OH is 1. The van der Waals surface area contributed by atoms with Gasteiger partial charge in [0.2, 0.25) is 5.90 Å². The predicted octanol–water partition coefficient (Wildman–Crippen LogP) is 8.67. The molecule has 3 N–H and O–H groups in total. The van der Waals surface area contributed by atoms with Crippen LogP contribution in [0.1, 0.15) is 40.3 Å². The van der Waals surface area contributed by atoms with Crippen LogP contribution in [0.15, 0.2) is 152 Å². The summed E-state index contributed by atoms with van der Waals surface area (Å²) in [7, 11) is 0. The van der Waals surface area contributed by atoms with Gasteiger partial charge in [0.15, 0.2) is 11.6 Å². The normalized spacial score (nSPS) is 15.9. The van der Waals surface area contributed by atoms with Gasteiger partial charge in [-0.1, -0.05) is 107 Å². The number of hydrogen-bond donors (Lipinski definition) is 3. The fourth-order valence-electron chi connectivity index (χ4n) is 6.08. The molecule has 0 unspecified atom stereocenters. The van der Waals surface area contributed by atoms with Crippen molar-refractivity contribution >= 4 is 29.3 Å². The Kier molecular flexibility index (Phi) is 12.8. The minimum absolute atomic E-state index is 0.0194. The lowest BCUT2D eigenvalue weighted by Crippen LogP contribution is -2.53. The highest BCUT2D eigenvalue weighted by Crippen LogP contribution is 2.45. The maximum absolute atomic E-state index is 14.9. The van der Waals surface area contributed by atoms with Crippen LogP contribution in [0.3, 0.4) is 0 Å². The second-order valence-corrected chi connectivity index (χ2v) is 13.3. The van der Waals surface area contributed by atoms with Crippen LogP contribution in [0, 0.1) is 0 Å². The second kappa shape index (κ2) is 18.5. The number of rotatable bonds is 17. The fourth-order valence-corrected chi connectivity index (χ4v) is 7.05. The highest BCUT2D eigenvalue weighted by Gasteiger charge is 2.54. The smallest absolute Gasteiger partial charge is 0.266 e. The summed E-state index contributed by atoms with van der Waals surface area (Å²) >= 11 is 1.63. The molecule has 2 atom stereocenters. The summed E-state index contributed by atoms with van der Waals surface area (Å²) in [6, 6.07) is 39.4. The Morgan fingerprint density at radius 2 is 1.57 bits per heavy atom. The van der Waals surface area contributed by atoms with Crippen LogP contribution in [-0.4, -0.2) is 35.7 Å². The van der Waals surface area contributed by atoms with Crippen molar-refractivity contribution in [3.05, 3.63) is 176 Å². The molecule has 54 heavy (non-hydrogen) atoms. The van der Waals surface area contributed by atoms with E-state index in [4.69, 9.17) is 25.1 Å². The van der Waals surface area contributed by atoms with Crippen molar-refractivity contribution in [2.75, 3.05) is 13.2 Å². The van der Waals surface area contributed by atoms with E-state index in [1.165, 1.54) is 0 Å². The van der Waals surface area contributed by atoms with E-state index in [9.17, 15) is 10.3 Å². The molecule has 6 rings (SSSR count). The minimum atomic E-state index is -1.65. The molecule has 0 saturated carbocycles. The van der Waals surface area contributed by atoms with E-state index in [2.05, 4.69) is 30.9 Å². The summed E-state index contributed by atoms with van der Waals surface area (Å²) in [6.45, 7) is 0.742. The van der Waals surface area contributed by atoms with Crippen LogP contribution < -0.4 is 15.6 Å². The quantitative estimate of drug-likeness (QED) is 0.0281. The highest BCUT2D eigenvalue weighted by molar-refractivity contribution is 7.99. The first-order chi connectivity index (χ1) is 26.5. The van der Waals surface area contributed by atoms with Gasteiger partial charge in [0, 0.05) is 62.4 Å². The third-order valence-electron chi connectivity index (χ3n) is 8.71. The average molecular weight is 740 g/mol. The molecule has 0 bridgehead atoms. The molecular weight excluding hydrogens is 703 g/mol. The SMILES string of the molecule is [N-]=[N+]=NCc1ccccc1C[C@]1(C(=O)NNCc2ccccc2Sc2ccccc2)N=C(c2ccc(OCCCO)cc2)O[C@H]1c1ccccc1N=[N+]=[N-]. The Bertz CT molecular complexity index is 2190.